The van der Waals surface area contributed by atoms with Gasteiger partial charge in [-0.05, 0) is 44.5 Å². The molecular weight excluding hydrogens is 482 g/mol. The van der Waals surface area contributed by atoms with Crippen LogP contribution in [0.1, 0.15) is 22.0 Å². The molecule has 0 saturated carbocycles. The van der Waals surface area contributed by atoms with E-state index in [1.54, 1.807) is 11.3 Å². The van der Waals surface area contributed by atoms with Gasteiger partial charge in [0.25, 0.3) is 0 Å². The van der Waals surface area contributed by atoms with Crippen LogP contribution in [0.15, 0.2) is 54.9 Å². The summed E-state index contributed by atoms with van der Waals surface area (Å²) >= 11 is 1.80. The topological polar surface area (TPSA) is 98.8 Å². The number of fused-ring (bicyclic) bond motifs is 3. The number of H-pyrrole nitrogens is 1. The minimum atomic E-state index is 0.563. The van der Waals surface area contributed by atoms with Gasteiger partial charge in [-0.3, -0.25) is 10.00 Å². The first-order valence-corrected chi connectivity index (χ1v) is 13.3. The lowest BCUT2D eigenvalue weighted by Crippen LogP contribution is -2.68. The van der Waals surface area contributed by atoms with Crippen molar-refractivity contribution in [3.63, 3.8) is 0 Å². The van der Waals surface area contributed by atoms with E-state index in [2.05, 4.69) is 49.4 Å². The number of nitrogens with zero attached hydrogens (tertiary/aromatic N) is 7. The minimum absolute atomic E-state index is 0.563. The molecule has 3 aliphatic rings. The lowest BCUT2D eigenvalue weighted by molar-refractivity contribution is -0.00872. The Labute approximate surface area is 218 Å². The van der Waals surface area contributed by atoms with Crippen molar-refractivity contribution in [2.75, 3.05) is 23.3 Å². The van der Waals surface area contributed by atoms with Crippen molar-refractivity contribution in [1.29, 1.82) is 0 Å². The maximum atomic E-state index is 4.85. The van der Waals surface area contributed by atoms with Gasteiger partial charge < -0.3 is 10.2 Å². The van der Waals surface area contributed by atoms with Crippen LogP contribution in [0.4, 0.5) is 17.5 Å². The van der Waals surface area contributed by atoms with Gasteiger partial charge >= 0.3 is 0 Å². The number of thiazole rings is 1. The second-order valence-corrected chi connectivity index (χ2v) is 11.2. The van der Waals surface area contributed by atoms with Gasteiger partial charge in [-0.15, -0.1) is 11.3 Å². The SMILES string of the molecule is Cc1cc(Nc2nc(-c3ccc(N4CC5CC(C4)N5Cc4ncc(C)s4)nc3)nc3ccccc23)n[nH]1. The largest absolute Gasteiger partial charge is 0.353 e. The summed E-state index contributed by atoms with van der Waals surface area (Å²) in [7, 11) is 0. The van der Waals surface area contributed by atoms with Gasteiger partial charge in [0.2, 0.25) is 0 Å². The van der Waals surface area contributed by atoms with Crippen LogP contribution < -0.4 is 10.2 Å². The minimum Gasteiger partial charge on any atom is -0.353 e. The molecule has 2 atom stereocenters. The van der Waals surface area contributed by atoms with E-state index in [1.165, 1.54) is 16.3 Å². The number of nitrogens with one attached hydrogen (secondary N) is 2. The van der Waals surface area contributed by atoms with E-state index in [9.17, 15) is 0 Å². The summed E-state index contributed by atoms with van der Waals surface area (Å²) in [5, 5.41) is 12.8. The van der Waals surface area contributed by atoms with Gasteiger partial charge in [0, 0.05) is 65.2 Å². The number of hydrogen-bond donors (Lipinski definition) is 2. The maximum absolute atomic E-state index is 4.85. The first-order chi connectivity index (χ1) is 18.1. The number of rotatable bonds is 6. The van der Waals surface area contributed by atoms with Crippen LogP contribution in [0.3, 0.4) is 0 Å². The fourth-order valence-corrected chi connectivity index (χ4v) is 6.17. The summed E-state index contributed by atoms with van der Waals surface area (Å²) in [6, 6.07) is 15.2. The van der Waals surface area contributed by atoms with E-state index in [4.69, 9.17) is 15.0 Å². The van der Waals surface area contributed by atoms with Crippen LogP contribution in [-0.4, -0.2) is 60.2 Å². The normalized spacial score (nSPS) is 19.2. The number of aryl methyl sites for hydroxylation is 2. The molecule has 9 nitrogen and oxygen atoms in total. The van der Waals surface area contributed by atoms with E-state index in [0.29, 0.717) is 17.9 Å². The van der Waals surface area contributed by atoms with E-state index in [1.807, 2.05) is 49.6 Å². The third kappa shape index (κ3) is 4.21. The molecule has 8 rings (SSSR count). The van der Waals surface area contributed by atoms with Crippen molar-refractivity contribution in [2.24, 2.45) is 0 Å². The Morgan fingerprint density at radius 3 is 2.62 bits per heavy atom. The molecule has 0 spiro atoms. The molecule has 2 N–H and O–H groups in total. The summed E-state index contributed by atoms with van der Waals surface area (Å²) < 4.78 is 0. The van der Waals surface area contributed by atoms with Crippen molar-refractivity contribution >= 4 is 39.7 Å². The second kappa shape index (κ2) is 8.89. The summed E-state index contributed by atoms with van der Waals surface area (Å²) in [5.74, 6) is 3.10. The fourth-order valence-electron chi connectivity index (χ4n) is 5.37. The molecular formula is C27H27N9S. The van der Waals surface area contributed by atoms with E-state index < -0.39 is 0 Å². The molecule has 2 bridgehead atoms. The molecule has 37 heavy (non-hydrogen) atoms. The van der Waals surface area contributed by atoms with Gasteiger partial charge in [0.15, 0.2) is 11.6 Å². The molecule has 3 saturated heterocycles. The first-order valence-electron chi connectivity index (χ1n) is 12.5. The Bertz CT molecular complexity index is 1560. The van der Waals surface area contributed by atoms with E-state index >= 15 is 0 Å². The zero-order valence-corrected chi connectivity index (χ0v) is 21.5. The Morgan fingerprint density at radius 2 is 1.89 bits per heavy atom. The Hall–Kier alpha value is -3.89. The third-order valence-corrected chi connectivity index (χ3v) is 8.11. The number of para-hydroxylation sites is 1. The Balaban J connectivity index is 1.10. The number of aromatic amines is 1. The molecule has 0 aliphatic carbocycles. The van der Waals surface area contributed by atoms with Crippen LogP contribution in [-0.2, 0) is 6.54 Å². The summed E-state index contributed by atoms with van der Waals surface area (Å²) in [6.07, 6.45) is 5.12. The highest BCUT2D eigenvalue weighted by Crippen LogP contribution is 2.36. The summed E-state index contributed by atoms with van der Waals surface area (Å²) in [5.41, 5.74) is 2.74. The first kappa shape index (κ1) is 22.3. The van der Waals surface area contributed by atoms with Crippen LogP contribution >= 0.6 is 11.3 Å². The summed E-state index contributed by atoms with van der Waals surface area (Å²) in [6.45, 7) is 7.05. The molecule has 7 heterocycles. The average molecular weight is 510 g/mol. The highest BCUT2D eigenvalue weighted by atomic mass is 32.1. The van der Waals surface area contributed by atoms with Gasteiger partial charge in [-0.1, -0.05) is 12.1 Å². The monoisotopic (exact) mass is 509 g/mol. The average Bonchev–Trinajstić information content (AvgIpc) is 3.54. The molecule has 186 valence electrons. The molecule has 3 aliphatic heterocycles. The van der Waals surface area contributed by atoms with Gasteiger partial charge in [0.05, 0.1) is 12.1 Å². The van der Waals surface area contributed by atoms with E-state index in [0.717, 1.165) is 59.2 Å². The number of piperidine rings is 1. The molecule has 0 radical (unpaired) electrons. The number of hydrogen-bond acceptors (Lipinski definition) is 9. The maximum Gasteiger partial charge on any atom is 0.163 e. The Morgan fingerprint density at radius 1 is 1.03 bits per heavy atom. The molecule has 1 aromatic carbocycles. The smallest absolute Gasteiger partial charge is 0.163 e. The number of anilines is 3. The molecule has 0 amide bonds. The predicted octanol–water partition coefficient (Wildman–Crippen LogP) is 4.69. The van der Waals surface area contributed by atoms with Gasteiger partial charge in [-0.25, -0.2) is 19.9 Å². The van der Waals surface area contributed by atoms with Crippen molar-refractivity contribution in [3.8, 4) is 11.4 Å². The number of benzene rings is 1. The highest BCUT2D eigenvalue weighted by molar-refractivity contribution is 7.11. The van der Waals surface area contributed by atoms with Crippen LogP contribution in [0.2, 0.25) is 0 Å². The van der Waals surface area contributed by atoms with Gasteiger partial charge in [0.1, 0.15) is 16.6 Å². The lowest BCUT2D eigenvalue weighted by atomic mass is 9.87. The number of piperazine rings is 1. The number of aromatic nitrogens is 6. The van der Waals surface area contributed by atoms with Crippen molar-refractivity contribution in [3.05, 3.63) is 70.4 Å². The van der Waals surface area contributed by atoms with E-state index in [-0.39, 0.29) is 0 Å². The molecule has 5 aromatic rings. The molecule has 4 aromatic heterocycles. The summed E-state index contributed by atoms with van der Waals surface area (Å²) in [4.78, 5) is 25.3. The predicted molar refractivity (Wildman–Crippen MR) is 146 cm³/mol. The van der Waals surface area contributed by atoms with Crippen LogP contribution in [0.5, 0.6) is 0 Å². The van der Waals surface area contributed by atoms with Gasteiger partial charge in [-0.2, -0.15) is 5.10 Å². The number of pyridine rings is 1. The van der Waals surface area contributed by atoms with Crippen molar-refractivity contribution in [1.82, 2.24) is 35.0 Å². The third-order valence-electron chi connectivity index (χ3n) is 7.22. The molecule has 2 unspecified atom stereocenters. The lowest BCUT2D eigenvalue weighted by Gasteiger charge is -2.56. The zero-order chi connectivity index (χ0) is 24.9. The van der Waals surface area contributed by atoms with Crippen LogP contribution in [0, 0.1) is 13.8 Å². The zero-order valence-electron chi connectivity index (χ0n) is 20.7. The standard InChI is InChI=1S/C27H27N9S/c1-16-9-23(34-33-16)31-27-21-5-3-4-6-22(21)30-26(32-27)18-7-8-24(28-12-18)35-13-19-10-20(14-35)36(19)15-25-29-11-17(2)37-25/h3-9,11-12,19-20H,10,13-15H2,1-2H3,(H2,30,31,32,33,34). The van der Waals surface area contributed by atoms with Crippen molar-refractivity contribution in [2.45, 2.75) is 38.9 Å². The highest BCUT2D eigenvalue weighted by Gasteiger charge is 2.45. The molecule has 3 fully saturated rings. The van der Waals surface area contributed by atoms with Crippen molar-refractivity contribution < 1.29 is 0 Å². The molecule has 10 heteroatoms. The Kier molecular flexibility index (Phi) is 5.37. The second-order valence-electron chi connectivity index (χ2n) is 9.86. The quantitative estimate of drug-likeness (QED) is 0.340. The fraction of sp³-hybridized carbons (Fsp3) is 0.296. The van der Waals surface area contributed by atoms with Crippen LogP contribution in [0.25, 0.3) is 22.3 Å².